The third kappa shape index (κ3) is 2.67. The van der Waals surface area contributed by atoms with Gasteiger partial charge in [0, 0.05) is 17.5 Å². The Balaban J connectivity index is 2.26. The van der Waals surface area contributed by atoms with Gasteiger partial charge in [-0.05, 0) is 37.3 Å². The van der Waals surface area contributed by atoms with E-state index in [1.165, 1.54) is 12.1 Å². The van der Waals surface area contributed by atoms with Crippen LogP contribution >= 0.6 is 11.6 Å². The summed E-state index contributed by atoms with van der Waals surface area (Å²) in [6, 6.07) is 11.9. The number of nitrogens with one attached hydrogen (secondary N) is 1. The lowest BCUT2D eigenvalue weighted by Gasteiger charge is -2.10. The average Bonchev–Trinajstić information content (AvgIpc) is 2.48. The second-order valence-corrected chi connectivity index (χ2v) is 4.97. The number of aromatic nitrogens is 2. The zero-order valence-corrected chi connectivity index (χ0v) is 12.2. The van der Waals surface area contributed by atoms with Crippen molar-refractivity contribution in [2.75, 3.05) is 11.9 Å². The molecule has 1 aromatic heterocycles. The first-order valence-electron chi connectivity index (χ1n) is 6.65. The molecule has 0 aliphatic heterocycles. The van der Waals surface area contributed by atoms with E-state index < -0.39 is 0 Å². The molecule has 0 aliphatic rings. The van der Waals surface area contributed by atoms with E-state index in [0.717, 1.165) is 5.56 Å². The Morgan fingerprint density at radius 2 is 1.95 bits per heavy atom. The quantitative estimate of drug-likeness (QED) is 0.773. The molecule has 0 amide bonds. The van der Waals surface area contributed by atoms with Crippen LogP contribution in [0.3, 0.4) is 0 Å². The minimum absolute atomic E-state index is 0.309. The fourth-order valence-corrected chi connectivity index (χ4v) is 2.39. The number of nitrogens with zero attached hydrogens (tertiary/aromatic N) is 2. The van der Waals surface area contributed by atoms with Crippen LogP contribution in [0.5, 0.6) is 0 Å². The highest BCUT2D eigenvalue weighted by atomic mass is 35.5. The SMILES string of the molecule is CCNc1nc(-c2ccccc2Cl)nc2ccc(F)cc12. The molecule has 0 aliphatic carbocycles. The van der Waals surface area contributed by atoms with Crippen LogP contribution in [0.4, 0.5) is 10.2 Å². The Hall–Kier alpha value is -2.20. The van der Waals surface area contributed by atoms with Gasteiger partial charge < -0.3 is 5.32 Å². The van der Waals surface area contributed by atoms with Crippen LogP contribution in [-0.2, 0) is 0 Å². The Bertz CT molecular complexity index is 805. The van der Waals surface area contributed by atoms with Crippen LogP contribution < -0.4 is 5.32 Å². The molecule has 0 spiro atoms. The van der Waals surface area contributed by atoms with Gasteiger partial charge in [0.05, 0.1) is 10.5 Å². The predicted molar refractivity (Wildman–Crippen MR) is 84.1 cm³/mol. The van der Waals surface area contributed by atoms with E-state index in [1.54, 1.807) is 12.1 Å². The molecule has 3 nitrogen and oxygen atoms in total. The Morgan fingerprint density at radius 1 is 1.14 bits per heavy atom. The molecule has 5 heteroatoms. The molecule has 0 saturated heterocycles. The lowest BCUT2D eigenvalue weighted by Crippen LogP contribution is -2.03. The van der Waals surface area contributed by atoms with Crippen LogP contribution in [0.25, 0.3) is 22.3 Å². The molecule has 0 unspecified atom stereocenters. The average molecular weight is 302 g/mol. The van der Waals surface area contributed by atoms with Gasteiger partial charge in [-0.25, -0.2) is 14.4 Å². The summed E-state index contributed by atoms with van der Waals surface area (Å²) in [5, 5.41) is 4.39. The van der Waals surface area contributed by atoms with Gasteiger partial charge in [0.25, 0.3) is 0 Å². The van der Waals surface area contributed by atoms with Gasteiger partial charge in [-0.1, -0.05) is 23.7 Å². The van der Waals surface area contributed by atoms with E-state index in [1.807, 2.05) is 25.1 Å². The minimum Gasteiger partial charge on any atom is -0.370 e. The van der Waals surface area contributed by atoms with Crippen LogP contribution in [0.15, 0.2) is 42.5 Å². The fraction of sp³-hybridized carbons (Fsp3) is 0.125. The zero-order chi connectivity index (χ0) is 14.8. The van der Waals surface area contributed by atoms with E-state index in [0.29, 0.717) is 34.1 Å². The maximum atomic E-state index is 13.4. The second-order valence-electron chi connectivity index (χ2n) is 4.57. The van der Waals surface area contributed by atoms with Gasteiger partial charge in [0.2, 0.25) is 0 Å². The van der Waals surface area contributed by atoms with Crippen molar-refractivity contribution in [2.45, 2.75) is 6.92 Å². The zero-order valence-electron chi connectivity index (χ0n) is 11.4. The summed E-state index contributed by atoms with van der Waals surface area (Å²) in [6.45, 7) is 2.65. The fourth-order valence-electron chi connectivity index (χ4n) is 2.17. The van der Waals surface area contributed by atoms with Gasteiger partial charge in [-0.2, -0.15) is 0 Å². The minimum atomic E-state index is -0.309. The van der Waals surface area contributed by atoms with E-state index in [9.17, 15) is 4.39 Å². The number of benzene rings is 2. The second kappa shape index (κ2) is 5.66. The predicted octanol–water partition coefficient (Wildman–Crippen LogP) is 4.52. The molecule has 0 radical (unpaired) electrons. The van der Waals surface area contributed by atoms with Crippen LogP contribution in [0.1, 0.15) is 6.92 Å². The summed E-state index contributed by atoms with van der Waals surface area (Å²) in [7, 11) is 0. The smallest absolute Gasteiger partial charge is 0.163 e. The molecule has 106 valence electrons. The summed E-state index contributed by atoms with van der Waals surface area (Å²) in [4.78, 5) is 8.98. The number of anilines is 1. The van der Waals surface area contributed by atoms with E-state index in [4.69, 9.17) is 11.6 Å². The van der Waals surface area contributed by atoms with Crippen molar-refractivity contribution in [1.29, 1.82) is 0 Å². The molecule has 1 heterocycles. The van der Waals surface area contributed by atoms with Crippen molar-refractivity contribution < 1.29 is 4.39 Å². The molecule has 0 atom stereocenters. The Kier molecular flexibility index (Phi) is 3.71. The first-order chi connectivity index (χ1) is 10.2. The van der Waals surface area contributed by atoms with Crippen molar-refractivity contribution in [1.82, 2.24) is 9.97 Å². The molecule has 2 aromatic carbocycles. The standard InChI is InChI=1S/C16H13ClFN3/c1-2-19-15-12-9-10(18)7-8-14(12)20-16(21-15)11-5-3-4-6-13(11)17/h3-9H,2H2,1H3,(H,19,20,21). The highest BCUT2D eigenvalue weighted by Gasteiger charge is 2.11. The van der Waals surface area contributed by atoms with Crippen molar-refractivity contribution in [3.63, 3.8) is 0 Å². The Labute approximate surface area is 126 Å². The maximum absolute atomic E-state index is 13.4. The highest BCUT2D eigenvalue weighted by molar-refractivity contribution is 6.33. The molecule has 3 aromatic rings. The lowest BCUT2D eigenvalue weighted by atomic mass is 10.1. The van der Waals surface area contributed by atoms with Crippen LogP contribution in [0, 0.1) is 5.82 Å². The van der Waals surface area contributed by atoms with Gasteiger partial charge in [-0.15, -0.1) is 0 Å². The van der Waals surface area contributed by atoms with Crippen LogP contribution in [0.2, 0.25) is 5.02 Å². The summed E-state index contributed by atoms with van der Waals surface area (Å²) in [5.74, 6) is 0.823. The van der Waals surface area contributed by atoms with Gasteiger partial charge in [0.15, 0.2) is 5.82 Å². The van der Waals surface area contributed by atoms with E-state index in [2.05, 4.69) is 15.3 Å². The number of fused-ring (bicyclic) bond motifs is 1. The lowest BCUT2D eigenvalue weighted by molar-refractivity contribution is 0.629. The summed E-state index contributed by atoms with van der Waals surface area (Å²) >= 11 is 6.20. The molecular formula is C16H13ClFN3. The number of halogens is 2. The van der Waals surface area contributed by atoms with Gasteiger partial charge in [-0.3, -0.25) is 0 Å². The van der Waals surface area contributed by atoms with Gasteiger partial charge in [0.1, 0.15) is 11.6 Å². The molecule has 0 saturated carbocycles. The molecule has 0 fully saturated rings. The maximum Gasteiger partial charge on any atom is 0.163 e. The summed E-state index contributed by atoms with van der Waals surface area (Å²) < 4.78 is 13.4. The third-order valence-corrected chi connectivity index (χ3v) is 3.45. The largest absolute Gasteiger partial charge is 0.370 e. The summed E-state index contributed by atoms with van der Waals surface area (Å²) in [5.41, 5.74) is 1.43. The molecular weight excluding hydrogens is 289 g/mol. The van der Waals surface area contributed by atoms with Crippen LogP contribution in [-0.4, -0.2) is 16.5 Å². The van der Waals surface area contributed by atoms with Crippen molar-refractivity contribution >= 4 is 28.3 Å². The van der Waals surface area contributed by atoms with Crippen molar-refractivity contribution in [2.24, 2.45) is 0 Å². The Morgan fingerprint density at radius 3 is 2.71 bits per heavy atom. The van der Waals surface area contributed by atoms with E-state index in [-0.39, 0.29) is 5.82 Å². The topological polar surface area (TPSA) is 37.8 Å². The van der Waals surface area contributed by atoms with Crippen molar-refractivity contribution in [3.05, 3.63) is 53.3 Å². The normalized spacial score (nSPS) is 10.8. The highest BCUT2D eigenvalue weighted by Crippen LogP contribution is 2.29. The summed E-state index contributed by atoms with van der Waals surface area (Å²) in [6.07, 6.45) is 0. The third-order valence-electron chi connectivity index (χ3n) is 3.12. The molecule has 1 N–H and O–H groups in total. The molecule has 3 rings (SSSR count). The first-order valence-corrected chi connectivity index (χ1v) is 7.03. The van der Waals surface area contributed by atoms with E-state index >= 15 is 0 Å². The first kappa shape index (κ1) is 13.8. The number of hydrogen-bond donors (Lipinski definition) is 1. The van der Waals surface area contributed by atoms with Crippen molar-refractivity contribution in [3.8, 4) is 11.4 Å². The molecule has 0 bridgehead atoms. The monoisotopic (exact) mass is 301 g/mol. The van der Waals surface area contributed by atoms with Gasteiger partial charge >= 0.3 is 0 Å². The molecule has 21 heavy (non-hydrogen) atoms. The number of hydrogen-bond acceptors (Lipinski definition) is 3. The number of rotatable bonds is 3.